The van der Waals surface area contributed by atoms with E-state index < -0.39 is 48.8 Å². The third-order valence-electron chi connectivity index (χ3n) is 15.1. The van der Waals surface area contributed by atoms with E-state index in [-0.39, 0.29) is 118 Å². The van der Waals surface area contributed by atoms with Gasteiger partial charge >= 0.3 is 0 Å². The lowest BCUT2D eigenvalue weighted by Gasteiger charge is -2.32. The summed E-state index contributed by atoms with van der Waals surface area (Å²) in [7, 11) is 7.49. The highest BCUT2D eigenvalue weighted by molar-refractivity contribution is 5.57. The summed E-state index contributed by atoms with van der Waals surface area (Å²) in [5, 5.41) is 147. The van der Waals surface area contributed by atoms with E-state index in [1.807, 2.05) is 41.5 Å². The molecule has 0 bridgehead atoms. The minimum Gasteiger partial charge on any atom is -0.508 e. The Bertz CT molecular complexity index is 3800. The van der Waals surface area contributed by atoms with Gasteiger partial charge in [0.05, 0.1) is 60.0 Å². The maximum absolute atomic E-state index is 10.4. The van der Waals surface area contributed by atoms with Gasteiger partial charge in [-0.3, -0.25) is 0 Å². The van der Waals surface area contributed by atoms with Gasteiger partial charge in [-0.05, 0) is 70.8 Å². The van der Waals surface area contributed by atoms with Gasteiger partial charge in [0.2, 0.25) is 0 Å². The average molecular weight is 1390 g/mol. The SMILES string of the molecule is C.C.C.C.CC.CC.CC.COc1cc(O)c2c(c1)O[C@H](c1ccc(O)c(O)c1)[C@H](O)C2.COc1cc(O)cc2c1C[C@@H](O)[C@@H](c1ccc(O)c(O)c1)O2.COc1cc(OC)c2c(c1)O[C@H](c1ccc(O)c(O)c1)[C@H](O)C2.COc1cc([C@H]2Oc3cc(O)cc(O)c3C[C@H]2O)ccc1O. The van der Waals surface area contributed by atoms with Crippen LogP contribution in [0.3, 0.4) is 0 Å². The lowest BCUT2D eigenvalue weighted by molar-refractivity contribution is 0.0196. The first-order chi connectivity index (χ1) is 45.5. The van der Waals surface area contributed by atoms with Crippen LogP contribution in [0.2, 0.25) is 0 Å². The maximum atomic E-state index is 10.4. The Morgan fingerprint density at radius 3 is 0.909 bits per heavy atom. The van der Waals surface area contributed by atoms with Crippen LogP contribution in [0.15, 0.2) is 121 Å². The number of phenolic OH excluding ortho intramolecular Hbond substituents is 11. The van der Waals surface area contributed by atoms with Crippen molar-refractivity contribution in [3.63, 3.8) is 0 Å². The fourth-order valence-corrected chi connectivity index (χ4v) is 10.6. The molecule has 24 heteroatoms. The molecule has 24 nitrogen and oxygen atoms in total. The van der Waals surface area contributed by atoms with Crippen molar-refractivity contribution in [2.75, 3.05) is 35.5 Å². The van der Waals surface area contributed by atoms with Crippen LogP contribution in [0.5, 0.6) is 115 Å². The van der Waals surface area contributed by atoms with Gasteiger partial charge in [0.25, 0.3) is 0 Å². The molecule has 0 unspecified atom stereocenters. The van der Waals surface area contributed by atoms with Crippen molar-refractivity contribution in [1.82, 2.24) is 0 Å². The van der Waals surface area contributed by atoms with Crippen molar-refractivity contribution in [2.45, 2.75) is 146 Å². The van der Waals surface area contributed by atoms with Crippen molar-refractivity contribution in [3.8, 4) is 115 Å². The molecule has 0 spiro atoms. The Labute approximate surface area is 579 Å². The highest BCUT2D eigenvalue weighted by Crippen LogP contribution is 2.48. The van der Waals surface area contributed by atoms with Crippen molar-refractivity contribution >= 4 is 0 Å². The van der Waals surface area contributed by atoms with E-state index in [0.717, 1.165) is 5.56 Å². The number of hydrogen-bond acceptors (Lipinski definition) is 24. The van der Waals surface area contributed by atoms with E-state index in [1.165, 1.54) is 94.1 Å². The monoisotopic (exact) mass is 1380 g/mol. The van der Waals surface area contributed by atoms with E-state index in [9.17, 15) is 76.6 Å². The minimum atomic E-state index is -0.893. The van der Waals surface area contributed by atoms with Crippen LogP contribution < -0.4 is 42.6 Å². The second kappa shape index (κ2) is 38.5. The molecular formula is C75H100O24. The number of aromatic hydroxyl groups is 11. The number of benzene rings is 8. The zero-order valence-electron chi connectivity index (χ0n) is 54.4. The molecule has 4 aliphatic heterocycles. The molecule has 8 aromatic rings. The summed E-state index contributed by atoms with van der Waals surface area (Å²) in [6.45, 7) is 12.0. The molecular weight excluding hydrogens is 1280 g/mol. The Morgan fingerprint density at radius 2 is 0.556 bits per heavy atom. The van der Waals surface area contributed by atoms with Crippen LogP contribution in [0.25, 0.3) is 0 Å². The Balaban J connectivity index is 0.000000432. The Morgan fingerprint density at radius 1 is 0.273 bits per heavy atom. The molecule has 0 fully saturated rings. The molecule has 15 N–H and O–H groups in total. The topological polar surface area (TPSA) is 387 Å². The van der Waals surface area contributed by atoms with Crippen molar-refractivity contribution in [2.24, 2.45) is 0 Å². The van der Waals surface area contributed by atoms with Gasteiger partial charge in [0.15, 0.2) is 46.0 Å². The van der Waals surface area contributed by atoms with Gasteiger partial charge in [-0.2, -0.15) is 0 Å². The third kappa shape index (κ3) is 19.9. The van der Waals surface area contributed by atoms with Crippen molar-refractivity contribution in [3.05, 3.63) is 166 Å². The van der Waals surface area contributed by atoms with Crippen LogP contribution in [0.4, 0.5) is 0 Å². The van der Waals surface area contributed by atoms with Crippen LogP contribution in [0.1, 0.15) is 140 Å². The molecule has 8 aromatic carbocycles. The second-order valence-electron chi connectivity index (χ2n) is 20.9. The lowest BCUT2D eigenvalue weighted by atomic mass is 9.94. The molecule has 0 radical (unpaired) electrons. The molecule has 8 atom stereocenters. The van der Waals surface area contributed by atoms with Gasteiger partial charge < -0.3 is 119 Å². The zero-order valence-corrected chi connectivity index (χ0v) is 54.4. The summed E-state index contributed by atoms with van der Waals surface area (Å²) in [6.07, 6.45) is -5.20. The van der Waals surface area contributed by atoms with Gasteiger partial charge in [-0.1, -0.05) is 95.5 Å². The van der Waals surface area contributed by atoms with Gasteiger partial charge in [0, 0.05) is 96.5 Å². The van der Waals surface area contributed by atoms with Crippen molar-refractivity contribution in [1.29, 1.82) is 0 Å². The molecule has 99 heavy (non-hydrogen) atoms. The average Bonchev–Trinajstić information content (AvgIpc) is 0.803. The van der Waals surface area contributed by atoms with Gasteiger partial charge in [-0.15, -0.1) is 0 Å². The quantitative estimate of drug-likeness (QED) is 0.0597. The molecule has 4 aliphatic rings. The molecule has 0 saturated heterocycles. The van der Waals surface area contributed by atoms with E-state index in [1.54, 1.807) is 62.8 Å². The van der Waals surface area contributed by atoms with Crippen molar-refractivity contribution < 1.29 is 119 Å². The lowest BCUT2D eigenvalue weighted by Crippen LogP contribution is -2.30. The molecule has 544 valence electrons. The third-order valence-corrected chi connectivity index (χ3v) is 15.1. The summed E-state index contributed by atoms with van der Waals surface area (Å²) >= 11 is 0. The van der Waals surface area contributed by atoms with Crippen LogP contribution in [-0.2, 0) is 25.7 Å². The van der Waals surface area contributed by atoms with Gasteiger partial charge in [-0.25, -0.2) is 0 Å². The molecule has 0 aromatic heterocycles. The first-order valence-electron chi connectivity index (χ1n) is 30.4. The number of hydrogen-bond donors (Lipinski definition) is 15. The normalized spacial score (nSPS) is 18.1. The zero-order chi connectivity index (χ0) is 70.1. The first kappa shape index (κ1) is 84.7. The van der Waals surface area contributed by atoms with E-state index >= 15 is 0 Å². The number of aliphatic hydroxyl groups is 4. The summed E-state index contributed by atoms with van der Waals surface area (Å²) in [5.41, 5.74) is 4.63. The molecule has 0 aliphatic carbocycles. The van der Waals surface area contributed by atoms with E-state index in [0.29, 0.717) is 91.4 Å². The highest BCUT2D eigenvalue weighted by Gasteiger charge is 2.37. The highest BCUT2D eigenvalue weighted by atomic mass is 16.5. The number of aliphatic hydroxyl groups excluding tert-OH is 4. The summed E-state index contributed by atoms with van der Waals surface area (Å²) in [6, 6.07) is 29.6. The Kier molecular flexibility index (Phi) is 32.9. The van der Waals surface area contributed by atoms with Gasteiger partial charge in [0.1, 0.15) is 93.4 Å². The van der Waals surface area contributed by atoms with Crippen LogP contribution >= 0.6 is 0 Å². The molecule has 0 amide bonds. The van der Waals surface area contributed by atoms with E-state index in [4.69, 9.17) is 42.6 Å². The van der Waals surface area contributed by atoms with Crippen LogP contribution in [0, 0.1) is 0 Å². The first-order valence-corrected chi connectivity index (χ1v) is 30.4. The fourth-order valence-electron chi connectivity index (χ4n) is 10.6. The standard InChI is InChI=1S/C17H18O6.3C16H16O6.3C2H6.4CH4/c1-21-10-6-15(22-2)11-8-14(20)17(23-16(11)7-10)9-3-4-12(18)13(19)5-9;1-21-15-4-8(2-3-11(15)18)16-13(20)7-10-12(19)5-9(17)6-14(10)22-16;1-21-9-5-12(18)10-7-14(20)16(22-15(10)6-9)8-2-3-11(17)13(19)4-8;1-21-14-5-9(17)6-15-10(14)7-13(20)16(22-15)8-2-3-11(18)12(19)4-8;3*1-2;;;;/h3-7,14,17-20H,8H2,1-2H3;2-6,13,16-20H,7H2,1H3;2-6,14,16-20H,7H2,1H3;2-6,13,16-20H,7H2,1H3;3*1-2H3;4*1H4/t14-,17-;13-,16-;14-,16-;13-,16-;;;;;;;/m1111......./s1. The number of phenols is 11. The number of fused-ring (bicyclic) bond motifs is 4. The minimum absolute atomic E-state index is 0. The summed E-state index contributed by atoms with van der Waals surface area (Å²) in [5.74, 6) is 2.28. The fraction of sp³-hybridized carbons (Fsp3) is 0.360. The smallest absolute Gasteiger partial charge is 0.160 e. The molecule has 0 saturated carbocycles. The largest absolute Gasteiger partial charge is 0.508 e. The maximum Gasteiger partial charge on any atom is 0.160 e. The Hall–Kier alpha value is -10.4. The predicted octanol–water partition coefficient (Wildman–Crippen LogP) is 13.3. The molecule has 4 heterocycles. The second-order valence-corrected chi connectivity index (χ2v) is 20.9. The number of rotatable bonds is 9. The number of ether oxygens (including phenoxy) is 9. The summed E-state index contributed by atoms with van der Waals surface area (Å²) in [4.78, 5) is 0. The number of methoxy groups -OCH3 is 5. The van der Waals surface area contributed by atoms with E-state index in [2.05, 4.69) is 0 Å². The molecule has 12 rings (SSSR count). The summed E-state index contributed by atoms with van der Waals surface area (Å²) < 4.78 is 49.1. The predicted molar refractivity (Wildman–Crippen MR) is 376 cm³/mol. The van der Waals surface area contributed by atoms with Crippen LogP contribution in [-0.4, -0.2) is 137 Å².